The van der Waals surface area contributed by atoms with E-state index in [0.29, 0.717) is 38.6 Å². The molecule has 0 aliphatic carbocycles. The monoisotopic (exact) mass is 388 g/mol. The van der Waals surface area contributed by atoms with Gasteiger partial charge in [-0.3, -0.25) is 0 Å². The third-order valence-corrected chi connectivity index (χ3v) is 5.17. The topological polar surface area (TPSA) is 65.1 Å². The Morgan fingerprint density at radius 3 is 2.32 bits per heavy atom. The molecule has 1 aromatic rings. The van der Waals surface area contributed by atoms with Gasteiger partial charge in [0.25, 0.3) is 0 Å². The zero-order valence-electron chi connectivity index (χ0n) is 17.2. The molecule has 2 fully saturated rings. The normalized spacial score (nSPS) is 20.2. The molecule has 1 unspecified atom stereocenters. The summed E-state index contributed by atoms with van der Waals surface area (Å²) in [6.45, 7) is 10.3. The Kier molecular flexibility index (Phi) is 6.31. The number of carbonyl (C=O) groups is 2. The van der Waals surface area contributed by atoms with Crippen LogP contribution in [0.15, 0.2) is 30.3 Å². The molecule has 3 amide bonds. The lowest BCUT2D eigenvalue weighted by Crippen LogP contribution is -2.54. The van der Waals surface area contributed by atoms with E-state index in [1.165, 1.54) is 5.69 Å². The maximum Gasteiger partial charge on any atom is 0.410 e. The molecule has 28 heavy (non-hydrogen) atoms. The second kappa shape index (κ2) is 8.71. The van der Waals surface area contributed by atoms with Gasteiger partial charge in [0.2, 0.25) is 0 Å². The average Bonchev–Trinajstić information content (AvgIpc) is 3.15. The molecule has 7 nitrogen and oxygen atoms in total. The number of para-hydroxylation sites is 1. The summed E-state index contributed by atoms with van der Waals surface area (Å²) in [5, 5.41) is 3.07. The quantitative estimate of drug-likeness (QED) is 0.865. The lowest BCUT2D eigenvalue weighted by Gasteiger charge is -2.35. The van der Waals surface area contributed by atoms with E-state index in [1.54, 1.807) is 9.80 Å². The second-order valence-corrected chi connectivity index (χ2v) is 8.58. The number of anilines is 1. The summed E-state index contributed by atoms with van der Waals surface area (Å²) in [5.74, 6) is 0.465. The fourth-order valence-electron chi connectivity index (χ4n) is 3.63. The van der Waals surface area contributed by atoms with Crippen LogP contribution < -0.4 is 10.2 Å². The lowest BCUT2D eigenvalue weighted by molar-refractivity contribution is 0.0170. The largest absolute Gasteiger partial charge is 0.444 e. The van der Waals surface area contributed by atoms with Gasteiger partial charge in [0.1, 0.15) is 5.60 Å². The first kappa shape index (κ1) is 20.3. The number of nitrogens with one attached hydrogen (secondary N) is 1. The van der Waals surface area contributed by atoms with Crippen LogP contribution in [-0.4, -0.2) is 73.3 Å². The first-order valence-electron chi connectivity index (χ1n) is 10.1. The highest BCUT2D eigenvalue weighted by Crippen LogP contribution is 2.23. The molecule has 0 radical (unpaired) electrons. The van der Waals surface area contributed by atoms with Crippen molar-refractivity contribution in [1.82, 2.24) is 15.1 Å². The number of rotatable bonds is 3. The van der Waals surface area contributed by atoms with Crippen molar-refractivity contribution in [2.75, 3.05) is 50.7 Å². The Balaban J connectivity index is 1.38. The highest BCUT2D eigenvalue weighted by Gasteiger charge is 2.28. The SMILES string of the molecule is CC(C)(C)OC(=O)N1CCN(C(=O)NCC2CCN(c3ccccc3)C2)CC1. The van der Waals surface area contributed by atoms with Gasteiger partial charge in [0.05, 0.1) is 0 Å². The summed E-state index contributed by atoms with van der Waals surface area (Å²) >= 11 is 0. The molecule has 1 aromatic carbocycles. The van der Waals surface area contributed by atoms with Crippen molar-refractivity contribution in [2.24, 2.45) is 5.92 Å². The predicted octanol–water partition coefficient (Wildman–Crippen LogP) is 2.78. The fraction of sp³-hybridized carbons (Fsp3) is 0.619. The number of piperazine rings is 1. The van der Waals surface area contributed by atoms with Crippen molar-refractivity contribution in [1.29, 1.82) is 0 Å². The standard InChI is InChI=1S/C21H32N4O3/c1-21(2,3)28-20(27)24-13-11-23(12-14-24)19(26)22-15-17-9-10-25(16-17)18-7-5-4-6-8-18/h4-8,17H,9-16H2,1-3H3,(H,22,26). The molecule has 2 saturated heterocycles. The van der Waals surface area contributed by atoms with Crippen LogP contribution in [0.1, 0.15) is 27.2 Å². The predicted molar refractivity (Wildman–Crippen MR) is 110 cm³/mol. The van der Waals surface area contributed by atoms with Gasteiger partial charge in [-0.05, 0) is 45.2 Å². The van der Waals surface area contributed by atoms with E-state index < -0.39 is 5.60 Å². The molecule has 2 heterocycles. The lowest BCUT2D eigenvalue weighted by atomic mass is 10.1. The number of urea groups is 1. The van der Waals surface area contributed by atoms with Gasteiger partial charge in [-0.15, -0.1) is 0 Å². The summed E-state index contributed by atoms with van der Waals surface area (Å²) in [5.41, 5.74) is 0.745. The Labute approximate surface area is 167 Å². The van der Waals surface area contributed by atoms with Gasteiger partial charge < -0.3 is 24.8 Å². The van der Waals surface area contributed by atoms with Gasteiger partial charge in [0, 0.05) is 51.5 Å². The van der Waals surface area contributed by atoms with E-state index in [2.05, 4.69) is 34.5 Å². The minimum atomic E-state index is -0.499. The molecule has 0 aromatic heterocycles. The second-order valence-electron chi connectivity index (χ2n) is 8.58. The van der Waals surface area contributed by atoms with Crippen LogP contribution in [0.4, 0.5) is 15.3 Å². The summed E-state index contributed by atoms with van der Waals surface area (Å²) in [6, 6.07) is 10.4. The van der Waals surface area contributed by atoms with E-state index in [9.17, 15) is 9.59 Å². The molecule has 1 N–H and O–H groups in total. The van der Waals surface area contributed by atoms with Gasteiger partial charge in [0.15, 0.2) is 0 Å². The number of benzene rings is 1. The zero-order chi connectivity index (χ0) is 20.1. The van der Waals surface area contributed by atoms with Crippen molar-refractivity contribution in [2.45, 2.75) is 32.8 Å². The molecular formula is C21H32N4O3. The Bertz CT molecular complexity index is 666. The van der Waals surface area contributed by atoms with Crippen molar-refractivity contribution in [3.05, 3.63) is 30.3 Å². The van der Waals surface area contributed by atoms with Crippen LogP contribution in [0.2, 0.25) is 0 Å². The Morgan fingerprint density at radius 2 is 1.68 bits per heavy atom. The highest BCUT2D eigenvalue weighted by atomic mass is 16.6. The molecule has 0 bridgehead atoms. The molecule has 3 rings (SSSR count). The highest BCUT2D eigenvalue weighted by molar-refractivity contribution is 5.75. The van der Waals surface area contributed by atoms with Gasteiger partial charge in [-0.1, -0.05) is 18.2 Å². The third-order valence-electron chi connectivity index (χ3n) is 5.17. The number of hydrogen-bond donors (Lipinski definition) is 1. The van der Waals surface area contributed by atoms with Gasteiger partial charge >= 0.3 is 12.1 Å². The van der Waals surface area contributed by atoms with E-state index in [0.717, 1.165) is 19.5 Å². The minimum absolute atomic E-state index is 0.0398. The maximum absolute atomic E-state index is 12.5. The summed E-state index contributed by atoms with van der Waals surface area (Å²) in [4.78, 5) is 30.4. The molecule has 0 spiro atoms. The summed E-state index contributed by atoms with van der Waals surface area (Å²) in [7, 11) is 0. The first-order chi connectivity index (χ1) is 13.3. The van der Waals surface area contributed by atoms with Crippen LogP contribution in [0, 0.1) is 5.92 Å². The fourth-order valence-corrected chi connectivity index (χ4v) is 3.63. The Morgan fingerprint density at radius 1 is 1.04 bits per heavy atom. The van der Waals surface area contributed by atoms with Crippen LogP contribution in [0.3, 0.4) is 0 Å². The molecule has 2 aliphatic heterocycles. The molecular weight excluding hydrogens is 356 g/mol. The van der Waals surface area contributed by atoms with Gasteiger partial charge in [-0.25, -0.2) is 9.59 Å². The van der Waals surface area contributed by atoms with Crippen molar-refractivity contribution < 1.29 is 14.3 Å². The van der Waals surface area contributed by atoms with E-state index in [1.807, 2.05) is 26.8 Å². The van der Waals surface area contributed by atoms with Crippen molar-refractivity contribution in [3.8, 4) is 0 Å². The summed E-state index contributed by atoms with van der Waals surface area (Å²) < 4.78 is 5.40. The molecule has 1 atom stereocenters. The number of amides is 3. The minimum Gasteiger partial charge on any atom is -0.444 e. The molecule has 154 valence electrons. The van der Waals surface area contributed by atoms with Crippen LogP contribution in [0.25, 0.3) is 0 Å². The van der Waals surface area contributed by atoms with Crippen LogP contribution in [-0.2, 0) is 4.74 Å². The van der Waals surface area contributed by atoms with Crippen molar-refractivity contribution in [3.63, 3.8) is 0 Å². The average molecular weight is 389 g/mol. The maximum atomic E-state index is 12.5. The number of hydrogen-bond acceptors (Lipinski definition) is 4. The summed E-state index contributed by atoms with van der Waals surface area (Å²) in [6.07, 6.45) is 0.779. The van der Waals surface area contributed by atoms with Crippen LogP contribution >= 0.6 is 0 Å². The molecule has 7 heteroatoms. The van der Waals surface area contributed by atoms with E-state index >= 15 is 0 Å². The smallest absolute Gasteiger partial charge is 0.410 e. The number of nitrogens with zero attached hydrogens (tertiary/aromatic N) is 3. The number of carbonyl (C=O) groups excluding carboxylic acids is 2. The number of ether oxygens (including phenoxy) is 1. The first-order valence-corrected chi connectivity index (χ1v) is 10.1. The zero-order valence-corrected chi connectivity index (χ0v) is 17.2. The van der Waals surface area contributed by atoms with E-state index in [-0.39, 0.29) is 12.1 Å². The van der Waals surface area contributed by atoms with Crippen LogP contribution in [0.5, 0.6) is 0 Å². The van der Waals surface area contributed by atoms with Gasteiger partial charge in [-0.2, -0.15) is 0 Å². The van der Waals surface area contributed by atoms with Crippen molar-refractivity contribution >= 4 is 17.8 Å². The third kappa shape index (κ3) is 5.53. The Hall–Kier alpha value is -2.44. The molecule has 0 saturated carbocycles. The van der Waals surface area contributed by atoms with E-state index in [4.69, 9.17) is 4.74 Å². The molecule has 2 aliphatic rings.